The lowest BCUT2D eigenvalue weighted by Gasteiger charge is -2.40. The number of urea groups is 1. The maximum Gasteiger partial charge on any atom is 0.407 e. The van der Waals surface area contributed by atoms with E-state index in [0.29, 0.717) is 31.6 Å². The van der Waals surface area contributed by atoms with E-state index in [9.17, 15) is 33.0 Å². The third-order valence-electron chi connectivity index (χ3n) is 9.37. The summed E-state index contributed by atoms with van der Waals surface area (Å²) in [6, 6.07) is 13.0. The SMILES string of the molecule is CNC(=O)CNC(=O)NCCCC(C)(C)CN(C[C@@H](O)[C@H](Cc1ccccc1)N(C(=O)O)[C@H]1CO[C@H]2OCC[C@H]21)S(=O)(=O)c1ccc(OC)cc1. The number of nitrogens with zero attached hydrogens (tertiary/aromatic N) is 2. The highest BCUT2D eigenvalue weighted by Crippen LogP contribution is 2.36. The van der Waals surface area contributed by atoms with Gasteiger partial charge >= 0.3 is 12.1 Å². The molecule has 5 atom stereocenters. The number of amides is 4. The molecule has 2 aromatic carbocycles. The predicted molar refractivity (Wildman–Crippen MR) is 188 cm³/mol. The number of likely N-dealkylation sites (N-methyl/N-ethyl adjacent to an activating group) is 1. The number of hydrogen-bond donors (Lipinski definition) is 5. The first kappa shape index (κ1) is 39.8. The summed E-state index contributed by atoms with van der Waals surface area (Å²) in [5.41, 5.74) is 0.136. The summed E-state index contributed by atoms with van der Waals surface area (Å²) in [5.74, 6) is -0.0812. The molecular formula is C35H51N5O10S. The summed E-state index contributed by atoms with van der Waals surface area (Å²) in [5, 5.41) is 30.2. The number of hydrogen-bond acceptors (Lipinski definition) is 9. The number of methoxy groups -OCH3 is 1. The average Bonchev–Trinajstić information content (AvgIpc) is 3.74. The molecule has 16 heteroatoms. The van der Waals surface area contributed by atoms with Crippen molar-refractivity contribution in [2.75, 3.05) is 53.6 Å². The summed E-state index contributed by atoms with van der Waals surface area (Å²) in [6.07, 6.45) is -1.49. The van der Waals surface area contributed by atoms with E-state index in [0.717, 1.165) is 5.56 Å². The van der Waals surface area contributed by atoms with Gasteiger partial charge in [-0.25, -0.2) is 18.0 Å². The van der Waals surface area contributed by atoms with Crippen LogP contribution in [0, 0.1) is 11.3 Å². The molecule has 2 saturated heterocycles. The van der Waals surface area contributed by atoms with Crippen LogP contribution in [0.3, 0.4) is 0 Å². The number of carbonyl (C=O) groups excluding carboxylic acids is 2. The number of fused-ring (bicyclic) bond motifs is 1. The number of sulfonamides is 1. The van der Waals surface area contributed by atoms with Crippen LogP contribution >= 0.6 is 0 Å². The third kappa shape index (κ3) is 10.8. The molecule has 0 unspecified atom stereocenters. The largest absolute Gasteiger partial charge is 0.497 e. The number of aliphatic hydroxyl groups excluding tert-OH is 1. The van der Waals surface area contributed by atoms with Crippen LogP contribution in [0.25, 0.3) is 0 Å². The molecule has 2 aliphatic heterocycles. The molecule has 0 aliphatic carbocycles. The zero-order chi connectivity index (χ0) is 37.2. The number of carboxylic acid groups (broad SMARTS) is 1. The summed E-state index contributed by atoms with van der Waals surface area (Å²) in [4.78, 5) is 37.7. The fourth-order valence-corrected chi connectivity index (χ4v) is 8.29. The van der Waals surface area contributed by atoms with Crippen molar-refractivity contribution in [3.8, 4) is 5.75 Å². The van der Waals surface area contributed by atoms with Gasteiger partial charge in [-0.3, -0.25) is 9.69 Å². The monoisotopic (exact) mass is 733 g/mol. The predicted octanol–water partition coefficient (Wildman–Crippen LogP) is 2.25. The Labute approximate surface area is 299 Å². The van der Waals surface area contributed by atoms with Crippen LogP contribution in [0.15, 0.2) is 59.5 Å². The smallest absolute Gasteiger partial charge is 0.407 e. The second kappa shape index (κ2) is 18.0. The highest BCUT2D eigenvalue weighted by atomic mass is 32.2. The van der Waals surface area contributed by atoms with Crippen molar-refractivity contribution < 1.29 is 47.2 Å². The fourth-order valence-electron chi connectivity index (χ4n) is 6.65. The third-order valence-corrected chi connectivity index (χ3v) is 11.2. The summed E-state index contributed by atoms with van der Waals surface area (Å²) in [6.45, 7) is 4.02. The van der Waals surface area contributed by atoms with Gasteiger partial charge in [0.05, 0.1) is 50.0 Å². The van der Waals surface area contributed by atoms with Gasteiger partial charge in [-0.15, -0.1) is 0 Å². The van der Waals surface area contributed by atoms with Crippen LogP contribution in [-0.2, 0) is 30.7 Å². The van der Waals surface area contributed by atoms with Crippen LogP contribution in [0.2, 0.25) is 0 Å². The second-order valence-electron chi connectivity index (χ2n) is 13.6. The topological polar surface area (TPSA) is 196 Å². The number of ether oxygens (including phenoxy) is 3. The number of rotatable bonds is 18. The molecule has 0 bridgehead atoms. The van der Waals surface area contributed by atoms with Gasteiger partial charge in [-0.2, -0.15) is 4.31 Å². The van der Waals surface area contributed by atoms with Crippen molar-refractivity contribution in [1.29, 1.82) is 0 Å². The maximum absolute atomic E-state index is 14.3. The fraction of sp³-hybridized carbons (Fsp3) is 0.571. The van der Waals surface area contributed by atoms with Gasteiger partial charge in [-0.1, -0.05) is 44.2 Å². The molecule has 0 spiro atoms. The minimum absolute atomic E-state index is 0.00871. The Morgan fingerprint density at radius 3 is 2.41 bits per heavy atom. The van der Waals surface area contributed by atoms with Crippen LogP contribution in [-0.4, -0.2) is 124 Å². The minimum atomic E-state index is -4.21. The van der Waals surface area contributed by atoms with Crippen molar-refractivity contribution in [1.82, 2.24) is 25.2 Å². The molecule has 0 radical (unpaired) electrons. The molecule has 5 N–H and O–H groups in total. The van der Waals surface area contributed by atoms with E-state index < -0.39 is 58.6 Å². The first-order chi connectivity index (χ1) is 24.3. The Balaban J connectivity index is 1.59. The Hall–Kier alpha value is -3.96. The Kier molecular flexibility index (Phi) is 14.1. The van der Waals surface area contributed by atoms with Gasteiger partial charge in [0.2, 0.25) is 15.9 Å². The Morgan fingerprint density at radius 2 is 1.76 bits per heavy atom. The van der Waals surface area contributed by atoms with Crippen molar-refractivity contribution in [2.24, 2.45) is 11.3 Å². The molecule has 51 heavy (non-hydrogen) atoms. The molecule has 2 heterocycles. The number of nitrogens with one attached hydrogen (secondary N) is 3. The van der Waals surface area contributed by atoms with Crippen LogP contribution < -0.4 is 20.7 Å². The molecule has 2 fully saturated rings. The number of aliphatic hydroxyl groups is 1. The van der Waals surface area contributed by atoms with E-state index in [1.165, 1.54) is 47.6 Å². The molecule has 2 aliphatic rings. The standard InChI is InChI=1S/C35H51N5O10S/c1-35(2,16-8-17-37-33(43)38-20-31(42)36-3)23-39(51(46,47)26-13-11-25(48-4)12-14-26)21-30(41)28(19-24-9-6-5-7-10-24)40(34(44)45)29-22-50-32-27(29)15-18-49-32/h5-7,9-14,27-30,32,41H,8,15-23H2,1-4H3,(H,36,42)(H,44,45)(H2,37,38,43)/t27-,28-,29-,30+,32+/m0/s1. The molecule has 15 nitrogen and oxygen atoms in total. The summed E-state index contributed by atoms with van der Waals surface area (Å²) in [7, 11) is -1.27. The molecule has 0 saturated carbocycles. The highest BCUT2D eigenvalue weighted by Gasteiger charge is 2.49. The highest BCUT2D eigenvalue weighted by molar-refractivity contribution is 7.89. The molecule has 282 valence electrons. The molecule has 4 rings (SSSR count). The Bertz CT molecular complexity index is 1560. The molecule has 0 aromatic heterocycles. The lowest BCUT2D eigenvalue weighted by molar-refractivity contribution is -0.119. The van der Waals surface area contributed by atoms with E-state index in [4.69, 9.17) is 14.2 Å². The van der Waals surface area contributed by atoms with Gasteiger partial charge in [0.15, 0.2) is 6.29 Å². The number of benzene rings is 2. The lowest BCUT2D eigenvalue weighted by Crippen LogP contribution is -2.58. The van der Waals surface area contributed by atoms with Crippen molar-refractivity contribution >= 4 is 28.1 Å². The van der Waals surface area contributed by atoms with Crippen molar-refractivity contribution in [2.45, 2.75) is 68.9 Å². The zero-order valence-electron chi connectivity index (χ0n) is 29.6. The lowest BCUT2D eigenvalue weighted by atomic mass is 9.87. The maximum atomic E-state index is 14.3. The van der Waals surface area contributed by atoms with E-state index in [2.05, 4.69) is 16.0 Å². The molecule has 2 aromatic rings. The summed E-state index contributed by atoms with van der Waals surface area (Å²) >= 11 is 0. The quantitative estimate of drug-likeness (QED) is 0.142. The van der Waals surface area contributed by atoms with E-state index in [1.807, 2.05) is 44.2 Å². The average molecular weight is 734 g/mol. The first-order valence-corrected chi connectivity index (χ1v) is 18.5. The van der Waals surface area contributed by atoms with Crippen LogP contribution in [0.5, 0.6) is 5.75 Å². The van der Waals surface area contributed by atoms with E-state index >= 15 is 0 Å². The molecule has 4 amide bonds. The first-order valence-electron chi connectivity index (χ1n) is 17.1. The summed E-state index contributed by atoms with van der Waals surface area (Å²) < 4.78 is 46.5. The van der Waals surface area contributed by atoms with Crippen LogP contribution in [0.1, 0.15) is 38.7 Å². The normalized spacial score (nSPS) is 19.9. The van der Waals surface area contributed by atoms with E-state index in [1.54, 1.807) is 0 Å². The van der Waals surface area contributed by atoms with E-state index in [-0.39, 0.29) is 49.4 Å². The van der Waals surface area contributed by atoms with Gasteiger partial charge in [0.1, 0.15) is 5.75 Å². The van der Waals surface area contributed by atoms with Gasteiger partial charge < -0.3 is 40.4 Å². The van der Waals surface area contributed by atoms with Gasteiger partial charge in [0.25, 0.3) is 0 Å². The Morgan fingerprint density at radius 1 is 1.06 bits per heavy atom. The van der Waals surface area contributed by atoms with Gasteiger partial charge in [0, 0.05) is 32.6 Å². The number of carbonyl (C=O) groups is 3. The second-order valence-corrected chi connectivity index (χ2v) is 15.6. The van der Waals surface area contributed by atoms with Crippen molar-refractivity contribution in [3.05, 3.63) is 60.2 Å². The zero-order valence-corrected chi connectivity index (χ0v) is 30.4. The minimum Gasteiger partial charge on any atom is -0.497 e. The molecular weight excluding hydrogens is 682 g/mol. The van der Waals surface area contributed by atoms with Crippen molar-refractivity contribution in [3.63, 3.8) is 0 Å². The van der Waals surface area contributed by atoms with Gasteiger partial charge in [-0.05, 0) is 60.9 Å². The van der Waals surface area contributed by atoms with Crippen LogP contribution in [0.4, 0.5) is 9.59 Å².